The molecule has 0 saturated carbocycles. The van der Waals surface area contributed by atoms with Gasteiger partial charge in [0, 0.05) is 40.6 Å². The Balaban J connectivity index is 1.63. The van der Waals surface area contributed by atoms with Crippen LogP contribution in [0.1, 0.15) is 42.4 Å². The maximum absolute atomic E-state index is 6.28. The zero-order valence-electron chi connectivity index (χ0n) is 16.5. The van der Waals surface area contributed by atoms with Crippen molar-refractivity contribution < 1.29 is 0 Å². The zero-order chi connectivity index (χ0) is 20.0. The van der Waals surface area contributed by atoms with Crippen LogP contribution >= 0.6 is 23.4 Å². The fourth-order valence-electron chi connectivity index (χ4n) is 4.32. The lowest BCUT2D eigenvalue weighted by Crippen LogP contribution is -2.36. The highest BCUT2D eigenvalue weighted by atomic mass is 35.5. The summed E-state index contributed by atoms with van der Waals surface area (Å²) < 4.78 is 2.28. The number of pyridine rings is 1. The molecule has 3 aromatic rings. The Labute approximate surface area is 180 Å². The minimum atomic E-state index is -0.00454. The van der Waals surface area contributed by atoms with Crippen LogP contribution in [0.25, 0.3) is 5.69 Å². The number of amidine groups is 1. The highest BCUT2D eigenvalue weighted by molar-refractivity contribution is 8.14. The van der Waals surface area contributed by atoms with E-state index in [1.165, 1.54) is 5.69 Å². The van der Waals surface area contributed by atoms with Crippen LogP contribution in [0.15, 0.2) is 65.9 Å². The summed E-state index contributed by atoms with van der Waals surface area (Å²) >= 11 is 8.15. The maximum Gasteiger partial charge on any atom is 0.160 e. The minimum absolute atomic E-state index is 0.00454. The van der Waals surface area contributed by atoms with Gasteiger partial charge in [-0.15, -0.1) is 0 Å². The average molecular weight is 423 g/mol. The topological polar surface area (TPSA) is 33.4 Å². The van der Waals surface area contributed by atoms with Gasteiger partial charge >= 0.3 is 0 Å². The fourth-order valence-corrected chi connectivity index (χ4v) is 5.78. The highest BCUT2D eigenvalue weighted by Crippen LogP contribution is 2.48. The van der Waals surface area contributed by atoms with Crippen molar-refractivity contribution in [3.05, 3.63) is 82.9 Å². The Hall–Kier alpha value is -2.24. The lowest BCUT2D eigenvalue weighted by atomic mass is 9.99. The largest absolute Gasteiger partial charge is 0.337 e. The Morgan fingerprint density at radius 2 is 2.07 bits per heavy atom. The molecule has 2 aliphatic rings. The summed E-state index contributed by atoms with van der Waals surface area (Å²) in [7, 11) is 0. The number of aliphatic imine (C=N–C) groups is 1. The van der Waals surface area contributed by atoms with E-state index < -0.39 is 0 Å². The predicted octanol–water partition coefficient (Wildman–Crippen LogP) is 5.81. The molecule has 0 N–H and O–H groups in total. The molecule has 148 valence electrons. The first kappa shape index (κ1) is 18.8. The number of halogens is 1. The molecule has 0 spiro atoms. The Morgan fingerprint density at radius 3 is 2.83 bits per heavy atom. The van der Waals surface area contributed by atoms with E-state index in [-0.39, 0.29) is 12.1 Å². The Morgan fingerprint density at radius 1 is 1.17 bits per heavy atom. The summed E-state index contributed by atoms with van der Waals surface area (Å²) in [4.78, 5) is 12.3. The van der Waals surface area contributed by atoms with Crippen LogP contribution in [0.3, 0.4) is 0 Å². The van der Waals surface area contributed by atoms with E-state index in [1.54, 1.807) is 0 Å². The third kappa shape index (κ3) is 3.17. The number of hydrogen-bond acceptors (Lipinski definition) is 4. The standard InChI is InChI=1S/C23H23ClN4S/c1-3-16-14-29-23-26-21(19-7-4-5-11-25-19)22(28(16)23)20-8-6-12-27(20)17-9-10-18(24)15(2)13-17/h4-13,16,21-22H,3,14H2,1-2H3/t16-,21-,22+/m1/s1. The SMILES string of the molecule is CC[C@@H]1CSC2=N[C@H](c3ccccn3)[C@H](c3cccn3-c3ccc(Cl)c(C)c3)N21. The quantitative estimate of drug-likeness (QED) is 0.531. The first-order valence-electron chi connectivity index (χ1n) is 10.0. The zero-order valence-corrected chi connectivity index (χ0v) is 18.1. The van der Waals surface area contributed by atoms with Crippen molar-refractivity contribution in [3.8, 4) is 5.69 Å². The van der Waals surface area contributed by atoms with Crippen molar-refractivity contribution >= 4 is 28.5 Å². The van der Waals surface area contributed by atoms with Gasteiger partial charge in [-0.3, -0.25) is 9.98 Å². The molecule has 0 unspecified atom stereocenters. The second-order valence-corrected chi connectivity index (χ2v) is 8.97. The van der Waals surface area contributed by atoms with Gasteiger partial charge in [-0.2, -0.15) is 0 Å². The first-order chi connectivity index (χ1) is 14.2. The third-order valence-electron chi connectivity index (χ3n) is 5.83. The second kappa shape index (κ2) is 7.54. The number of fused-ring (bicyclic) bond motifs is 1. The number of benzene rings is 1. The molecular formula is C23H23ClN4S. The molecule has 0 bridgehead atoms. The van der Waals surface area contributed by atoms with Gasteiger partial charge in [0.05, 0.1) is 5.69 Å². The van der Waals surface area contributed by atoms with E-state index in [1.807, 2.05) is 37.0 Å². The number of aromatic nitrogens is 2. The number of hydrogen-bond donors (Lipinski definition) is 0. The Bertz CT molecular complexity index is 1060. The molecule has 5 rings (SSSR count). The summed E-state index contributed by atoms with van der Waals surface area (Å²) in [5.74, 6) is 1.10. The summed E-state index contributed by atoms with van der Waals surface area (Å²) in [5.41, 5.74) is 4.47. The molecule has 29 heavy (non-hydrogen) atoms. The molecule has 3 atom stereocenters. The molecular weight excluding hydrogens is 400 g/mol. The highest BCUT2D eigenvalue weighted by Gasteiger charge is 2.46. The van der Waals surface area contributed by atoms with Crippen LogP contribution in [0.2, 0.25) is 5.02 Å². The predicted molar refractivity (Wildman–Crippen MR) is 121 cm³/mol. The molecule has 0 radical (unpaired) electrons. The number of aryl methyl sites for hydroxylation is 1. The molecule has 4 nitrogen and oxygen atoms in total. The third-order valence-corrected chi connectivity index (χ3v) is 7.38. The van der Waals surface area contributed by atoms with Gasteiger partial charge in [0.2, 0.25) is 0 Å². The van der Waals surface area contributed by atoms with Gasteiger partial charge in [0.15, 0.2) is 5.17 Å². The first-order valence-corrected chi connectivity index (χ1v) is 11.4. The molecule has 0 amide bonds. The van der Waals surface area contributed by atoms with Gasteiger partial charge in [-0.1, -0.05) is 36.4 Å². The van der Waals surface area contributed by atoms with Gasteiger partial charge in [0.25, 0.3) is 0 Å². The second-order valence-electron chi connectivity index (χ2n) is 7.57. The Kier molecular flexibility index (Phi) is 4.88. The number of nitrogens with zero attached hydrogens (tertiary/aromatic N) is 4. The lowest BCUT2D eigenvalue weighted by Gasteiger charge is -2.32. The van der Waals surface area contributed by atoms with E-state index in [0.717, 1.165) is 39.3 Å². The van der Waals surface area contributed by atoms with Crippen molar-refractivity contribution in [1.82, 2.24) is 14.5 Å². The summed E-state index contributed by atoms with van der Waals surface area (Å²) in [6, 6.07) is 17.3. The molecule has 2 aliphatic heterocycles. The fraction of sp³-hybridized carbons (Fsp3) is 0.304. The monoisotopic (exact) mass is 422 g/mol. The van der Waals surface area contributed by atoms with Gasteiger partial charge in [-0.25, -0.2) is 0 Å². The van der Waals surface area contributed by atoms with Crippen LogP contribution in [0, 0.1) is 6.92 Å². The van der Waals surface area contributed by atoms with Gasteiger partial charge < -0.3 is 9.47 Å². The molecule has 6 heteroatoms. The molecule has 1 saturated heterocycles. The van der Waals surface area contributed by atoms with E-state index in [0.29, 0.717) is 6.04 Å². The number of thioether (sulfide) groups is 1. The lowest BCUT2D eigenvalue weighted by molar-refractivity contribution is 0.249. The van der Waals surface area contributed by atoms with Crippen molar-refractivity contribution in [2.45, 2.75) is 38.4 Å². The summed E-state index contributed by atoms with van der Waals surface area (Å²) in [6.07, 6.45) is 5.11. The van der Waals surface area contributed by atoms with Gasteiger partial charge in [0.1, 0.15) is 12.1 Å². The summed E-state index contributed by atoms with van der Waals surface area (Å²) in [5, 5.41) is 1.94. The van der Waals surface area contributed by atoms with Gasteiger partial charge in [-0.05, 0) is 61.4 Å². The molecule has 2 aromatic heterocycles. The molecule has 4 heterocycles. The van der Waals surface area contributed by atoms with Crippen molar-refractivity contribution in [3.63, 3.8) is 0 Å². The average Bonchev–Trinajstić information content (AvgIpc) is 3.45. The molecule has 1 fully saturated rings. The normalized spacial score (nSPS) is 23.3. The van der Waals surface area contributed by atoms with Crippen LogP contribution in [0.4, 0.5) is 0 Å². The van der Waals surface area contributed by atoms with Crippen LogP contribution < -0.4 is 0 Å². The smallest absolute Gasteiger partial charge is 0.160 e. The number of rotatable bonds is 4. The summed E-state index contributed by atoms with van der Waals surface area (Å²) in [6.45, 7) is 4.31. The molecule has 0 aliphatic carbocycles. The minimum Gasteiger partial charge on any atom is -0.337 e. The van der Waals surface area contributed by atoms with E-state index in [4.69, 9.17) is 16.6 Å². The van der Waals surface area contributed by atoms with Crippen LogP contribution in [0.5, 0.6) is 0 Å². The van der Waals surface area contributed by atoms with E-state index >= 15 is 0 Å². The van der Waals surface area contributed by atoms with Crippen molar-refractivity contribution in [2.24, 2.45) is 4.99 Å². The van der Waals surface area contributed by atoms with E-state index in [2.05, 4.69) is 64.0 Å². The van der Waals surface area contributed by atoms with Crippen molar-refractivity contribution in [1.29, 1.82) is 0 Å². The van der Waals surface area contributed by atoms with Crippen molar-refractivity contribution in [2.75, 3.05) is 5.75 Å². The maximum atomic E-state index is 6.28. The van der Waals surface area contributed by atoms with Crippen LogP contribution in [-0.4, -0.2) is 31.4 Å². The molecule has 1 aromatic carbocycles. The van der Waals surface area contributed by atoms with Crippen LogP contribution in [-0.2, 0) is 0 Å². The van der Waals surface area contributed by atoms with E-state index in [9.17, 15) is 0 Å².